The molecule has 0 bridgehead atoms. The first-order valence-electron chi connectivity index (χ1n) is 11.5. The Kier molecular flexibility index (Phi) is 4.80. The number of H-pyrrole nitrogens is 1. The third kappa shape index (κ3) is 3.46. The van der Waals surface area contributed by atoms with Crippen molar-refractivity contribution in [2.45, 2.75) is 37.8 Å². The van der Waals surface area contributed by atoms with E-state index in [2.05, 4.69) is 39.0 Å². The Morgan fingerprint density at radius 2 is 2.06 bits per heavy atom. The number of hydrogen-bond acceptors (Lipinski definition) is 6. The molecule has 3 aliphatic rings. The highest BCUT2D eigenvalue weighted by Crippen LogP contribution is 2.38. The largest absolute Gasteiger partial charge is 0.377 e. The monoisotopic (exact) mass is 418 g/mol. The number of morpholine rings is 1. The van der Waals surface area contributed by atoms with Gasteiger partial charge in [0.1, 0.15) is 0 Å². The highest BCUT2D eigenvalue weighted by Gasteiger charge is 2.36. The van der Waals surface area contributed by atoms with Gasteiger partial charge in [0.05, 0.1) is 31.1 Å². The Labute approximate surface area is 182 Å². The number of rotatable bonds is 3. The molecular formula is C24H30N6O. The number of nitrogens with zero attached hydrogens (tertiary/aromatic N) is 4. The maximum Gasteiger partial charge on any atom is 0.162 e. The molecule has 2 aromatic heterocycles. The van der Waals surface area contributed by atoms with Gasteiger partial charge < -0.3 is 25.3 Å². The molecule has 1 atom stereocenters. The number of fused-ring (bicyclic) bond motifs is 4. The average Bonchev–Trinajstić information content (AvgIpc) is 3.29. The molecule has 0 radical (unpaired) electrons. The molecule has 0 spiro atoms. The number of hydrogen-bond donors (Lipinski definition) is 2. The minimum atomic E-state index is 0.345. The summed E-state index contributed by atoms with van der Waals surface area (Å²) in [6.45, 7) is 4.43. The molecule has 1 saturated heterocycles. The molecular weight excluding hydrogens is 388 g/mol. The van der Waals surface area contributed by atoms with Crippen molar-refractivity contribution in [3.05, 3.63) is 36.7 Å². The van der Waals surface area contributed by atoms with Crippen LogP contribution in [0.4, 0.5) is 11.5 Å². The molecule has 1 saturated carbocycles. The summed E-state index contributed by atoms with van der Waals surface area (Å²) in [7, 11) is 0. The van der Waals surface area contributed by atoms with Gasteiger partial charge in [0.2, 0.25) is 0 Å². The van der Waals surface area contributed by atoms with Crippen LogP contribution in [0.25, 0.3) is 22.3 Å². The zero-order valence-corrected chi connectivity index (χ0v) is 17.8. The van der Waals surface area contributed by atoms with Crippen molar-refractivity contribution in [1.82, 2.24) is 15.0 Å². The maximum absolute atomic E-state index is 6.14. The van der Waals surface area contributed by atoms with Gasteiger partial charge >= 0.3 is 0 Å². The number of aromatic amines is 1. The van der Waals surface area contributed by atoms with Gasteiger partial charge in [0, 0.05) is 48.3 Å². The highest BCUT2D eigenvalue weighted by atomic mass is 16.5. The van der Waals surface area contributed by atoms with E-state index < -0.39 is 0 Å². The molecule has 2 aliphatic heterocycles. The Bertz CT molecular complexity index is 1070. The van der Waals surface area contributed by atoms with Gasteiger partial charge in [0.15, 0.2) is 11.6 Å². The van der Waals surface area contributed by atoms with E-state index in [4.69, 9.17) is 20.4 Å². The summed E-state index contributed by atoms with van der Waals surface area (Å²) in [5.41, 5.74) is 9.49. The summed E-state index contributed by atoms with van der Waals surface area (Å²) in [5, 5.41) is 1.16. The Hall–Kier alpha value is -2.64. The lowest BCUT2D eigenvalue weighted by Gasteiger charge is -2.46. The molecule has 6 rings (SSSR count). The fourth-order valence-corrected chi connectivity index (χ4v) is 5.50. The van der Waals surface area contributed by atoms with Crippen LogP contribution in [0.3, 0.4) is 0 Å². The summed E-state index contributed by atoms with van der Waals surface area (Å²) in [6.07, 6.45) is 8.73. The lowest BCUT2D eigenvalue weighted by atomic mass is 9.86. The fraction of sp³-hybridized carbons (Fsp3) is 0.500. The van der Waals surface area contributed by atoms with Crippen molar-refractivity contribution in [2.75, 3.05) is 42.6 Å². The normalized spacial score (nSPS) is 26.0. The van der Waals surface area contributed by atoms with Gasteiger partial charge in [-0.15, -0.1) is 0 Å². The van der Waals surface area contributed by atoms with E-state index in [-0.39, 0.29) is 0 Å². The topological polar surface area (TPSA) is 83.3 Å². The van der Waals surface area contributed by atoms with Crippen LogP contribution in [-0.2, 0) is 4.74 Å². The number of anilines is 2. The molecule has 7 heteroatoms. The second-order valence-corrected chi connectivity index (χ2v) is 9.25. The van der Waals surface area contributed by atoms with Crippen LogP contribution in [0, 0.1) is 5.92 Å². The molecule has 31 heavy (non-hydrogen) atoms. The van der Waals surface area contributed by atoms with E-state index in [9.17, 15) is 0 Å². The smallest absolute Gasteiger partial charge is 0.162 e. The molecule has 1 aliphatic carbocycles. The van der Waals surface area contributed by atoms with Crippen LogP contribution in [-0.4, -0.2) is 59.9 Å². The van der Waals surface area contributed by atoms with Crippen molar-refractivity contribution in [1.29, 1.82) is 0 Å². The third-order valence-corrected chi connectivity index (χ3v) is 7.23. The SMILES string of the molecule is N[C@H]1CC[C@H](CN2CC3COCCN3c3nc(-c4cccc5[nH]ccc45)ncc32)CC1. The van der Waals surface area contributed by atoms with Gasteiger partial charge in [-0.05, 0) is 43.7 Å². The van der Waals surface area contributed by atoms with Crippen LogP contribution in [0.2, 0.25) is 0 Å². The number of nitrogens with one attached hydrogen (secondary N) is 1. The molecule has 2 fully saturated rings. The van der Waals surface area contributed by atoms with Gasteiger partial charge in [0.25, 0.3) is 0 Å². The minimum Gasteiger partial charge on any atom is -0.377 e. The first-order chi connectivity index (χ1) is 15.3. The van der Waals surface area contributed by atoms with E-state index >= 15 is 0 Å². The first-order valence-corrected chi connectivity index (χ1v) is 11.5. The van der Waals surface area contributed by atoms with Crippen molar-refractivity contribution in [3.8, 4) is 11.4 Å². The first kappa shape index (κ1) is 19.1. The average molecular weight is 419 g/mol. The number of nitrogens with two attached hydrogens (primary N) is 1. The van der Waals surface area contributed by atoms with Crippen LogP contribution in [0.1, 0.15) is 25.7 Å². The van der Waals surface area contributed by atoms with Crippen LogP contribution in [0.15, 0.2) is 36.7 Å². The second kappa shape index (κ2) is 7.80. The standard InChI is InChI=1S/C24H30N6O/c25-17-6-4-16(5-7-17)13-29-14-18-15-31-11-10-30(18)24-22(29)12-27-23(28-24)20-2-1-3-21-19(20)8-9-26-21/h1-3,8-9,12,16-18,26H,4-7,10-11,13-15,25H2/t16-,17-,18?. The van der Waals surface area contributed by atoms with E-state index in [0.29, 0.717) is 18.0 Å². The Balaban J connectivity index is 1.37. The van der Waals surface area contributed by atoms with Gasteiger partial charge in [-0.3, -0.25) is 0 Å². The zero-order valence-electron chi connectivity index (χ0n) is 17.8. The Morgan fingerprint density at radius 1 is 1.16 bits per heavy atom. The van der Waals surface area contributed by atoms with Gasteiger partial charge in [-0.2, -0.15) is 0 Å². The summed E-state index contributed by atoms with van der Waals surface area (Å²) < 4.78 is 5.84. The number of benzene rings is 1. The van der Waals surface area contributed by atoms with Crippen molar-refractivity contribution in [3.63, 3.8) is 0 Å². The fourth-order valence-electron chi connectivity index (χ4n) is 5.50. The van der Waals surface area contributed by atoms with Crippen LogP contribution >= 0.6 is 0 Å². The quantitative estimate of drug-likeness (QED) is 0.680. The van der Waals surface area contributed by atoms with Crippen LogP contribution in [0.5, 0.6) is 0 Å². The molecule has 7 nitrogen and oxygen atoms in total. The lowest BCUT2D eigenvalue weighted by Crippen LogP contribution is -2.56. The van der Waals surface area contributed by atoms with Crippen molar-refractivity contribution >= 4 is 22.4 Å². The number of ether oxygens (including phenoxy) is 1. The predicted octanol–water partition coefficient (Wildman–Crippen LogP) is 3.17. The van der Waals surface area contributed by atoms with E-state index in [1.807, 2.05) is 12.4 Å². The minimum absolute atomic E-state index is 0.345. The van der Waals surface area contributed by atoms with E-state index in [1.54, 1.807) is 0 Å². The third-order valence-electron chi connectivity index (χ3n) is 7.23. The molecule has 4 heterocycles. The number of aromatic nitrogens is 3. The molecule has 0 amide bonds. The second-order valence-electron chi connectivity index (χ2n) is 9.25. The highest BCUT2D eigenvalue weighted by molar-refractivity contribution is 5.93. The van der Waals surface area contributed by atoms with Crippen LogP contribution < -0.4 is 15.5 Å². The van der Waals surface area contributed by atoms with E-state index in [0.717, 1.165) is 79.5 Å². The summed E-state index contributed by atoms with van der Waals surface area (Å²) in [5.74, 6) is 2.54. The van der Waals surface area contributed by atoms with E-state index in [1.165, 1.54) is 12.8 Å². The van der Waals surface area contributed by atoms with Crippen molar-refractivity contribution < 1.29 is 4.74 Å². The summed E-state index contributed by atoms with van der Waals surface area (Å²) in [6, 6.07) is 9.10. The zero-order chi connectivity index (χ0) is 20.8. The molecule has 1 unspecified atom stereocenters. The molecule has 1 aromatic carbocycles. The predicted molar refractivity (Wildman–Crippen MR) is 123 cm³/mol. The summed E-state index contributed by atoms with van der Waals surface area (Å²) >= 11 is 0. The molecule has 162 valence electrons. The molecule has 3 aromatic rings. The van der Waals surface area contributed by atoms with Crippen molar-refractivity contribution in [2.24, 2.45) is 11.7 Å². The maximum atomic E-state index is 6.14. The Morgan fingerprint density at radius 3 is 2.97 bits per heavy atom. The van der Waals surface area contributed by atoms with Gasteiger partial charge in [-0.1, -0.05) is 12.1 Å². The summed E-state index contributed by atoms with van der Waals surface area (Å²) in [4.78, 5) is 18.2. The van der Waals surface area contributed by atoms with Gasteiger partial charge in [-0.25, -0.2) is 9.97 Å². The lowest BCUT2D eigenvalue weighted by molar-refractivity contribution is 0.0932. The molecule has 3 N–H and O–H groups in total.